The van der Waals surface area contributed by atoms with E-state index < -0.39 is 17.1 Å². The first-order valence-electron chi connectivity index (χ1n) is 8.89. The van der Waals surface area contributed by atoms with Gasteiger partial charge in [0, 0.05) is 0 Å². The second kappa shape index (κ2) is 16.5. The maximum atomic E-state index is 12.8. The Labute approximate surface area is 211 Å². The summed E-state index contributed by atoms with van der Waals surface area (Å²) in [7, 11) is 6.64. The number of nitrogens with zero attached hydrogens (tertiary/aromatic N) is 3. The van der Waals surface area contributed by atoms with Crippen LogP contribution in [-0.2, 0) is 33.8 Å². The van der Waals surface area contributed by atoms with Crippen molar-refractivity contribution >= 4 is 80.7 Å². The number of hydrogen-bond acceptors (Lipinski definition) is 12. The minimum atomic E-state index is -0.893. The summed E-state index contributed by atoms with van der Waals surface area (Å²) >= 11 is 0. The van der Waals surface area contributed by atoms with Crippen molar-refractivity contribution in [1.29, 1.82) is 0 Å². The summed E-state index contributed by atoms with van der Waals surface area (Å²) in [6.45, 7) is -1.30. The quantitative estimate of drug-likeness (QED) is 0.147. The van der Waals surface area contributed by atoms with Crippen LogP contribution in [0.25, 0.3) is 0 Å². The van der Waals surface area contributed by atoms with E-state index in [0.717, 1.165) is 46.1 Å². The third-order valence-corrected chi connectivity index (χ3v) is 7.54. The molecule has 1 aromatic rings. The number of ether oxygens (including phenoxy) is 3. The average Bonchev–Trinajstić information content (AvgIpc) is 2.76. The van der Waals surface area contributed by atoms with Crippen molar-refractivity contribution in [1.82, 2.24) is 13.7 Å². The molecule has 0 aromatic carbocycles. The molecule has 0 aliphatic heterocycles. The van der Waals surface area contributed by atoms with Crippen molar-refractivity contribution in [3.8, 4) is 0 Å². The average molecular weight is 583 g/mol. The van der Waals surface area contributed by atoms with Gasteiger partial charge in [-0.05, 0) is 18.8 Å². The first-order chi connectivity index (χ1) is 15.8. The van der Waals surface area contributed by atoms with Gasteiger partial charge in [-0.2, -0.15) is 0 Å². The van der Waals surface area contributed by atoms with Crippen molar-refractivity contribution in [2.75, 3.05) is 38.6 Å². The Balaban J connectivity index is 3.13. The molecule has 0 bridgehead atoms. The SMILES string of the molecule is CSSC(=[OH+])OCCn1c(=O)n(CCOC(=[OH+])SSC)c(=O)n(CCOC(=[OH+])SSC)c1=O. The molecular formula is C15H24N3O9S6+3. The Hall–Kier alpha value is -1.08. The summed E-state index contributed by atoms with van der Waals surface area (Å²) in [5.74, 6) is 0. The van der Waals surface area contributed by atoms with Crippen molar-refractivity contribution in [3.05, 3.63) is 31.5 Å². The van der Waals surface area contributed by atoms with Gasteiger partial charge in [0.15, 0.2) is 0 Å². The second-order valence-corrected chi connectivity index (χ2v) is 12.4. The molecule has 33 heavy (non-hydrogen) atoms. The summed E-state index contributed by atoms with van der Waals surface area (Å²) in [4.78, 5) is 67.1. The molecule has 0 fully saturated rings. The predicted octanol–water partition coefficient (Wildman–Crippen LogP) is 0.635. The van der Waals surface area contributed by atoms with E-state index in [1.807, 2.05) is 0 Å². The van der Waals surface area contributed by atoms with Crippen LogP contribution in [-0.4, -0.2) is 82.6 Å². The van der Waals surface area contributed by atoms with Crippen LogP contribution < -0.4 is 17.1 Å². The van der Waals surface area contributed by atoms with Gasteiger partial charge in [-0.25, -0.2) is 28.1 Å². The monoisotopic (exact) mass is 582 g/mol. The summed E-state index contributed by atoms with van der Waals surface area (Å²) in [6.07, 6.45) is 5.19. The Bertz CT molecular complexity index is 839. The van der Waals surface area contributed by atoms with E-state index in [0.29, 0.717) is 0 Å². The zero-order valence-electron chi connectivity index (χ0n) is 17.8. The van der Waals surface area contributed by atoms with Gasteiger partial charge in [-0.15, -0.1) is 0 Å². The molecule has 3 N–H and O–H groups in total. The molecule has 18 heteroatoms. The number of rotatable bonds is 12. The van der Waals surface area contributed by atoms with Crippen LogP contribution in [0.1, 0.15) is 0 Å². The molecule has 0 aliphatic rings. The Morgan fingerprint density at radius 3 is 1.06 bits per heavy atom. The van der Waals surface area contributed by atoms with Crippen molar-refractivity contribution < 1.29 is 28.6 Å². The molecule has 0 unspecified atom stereocenters. The molecular weight excluding hydrogens is 559 g/mol. The lowest BCUT2D eigenvalue weighted by molar-refractivity contribution is 0.237. The van der Waals surface area contributed by atoms with Crippen LogP contribution in [0.3, 0.4) is 0 Å². The molecule has 0 saturated carbocycles. The topological polar surface area (TPSA) is 158 Å². The van der Waals surface area contributed by atoms with Gasteiger partial charge < -0.3 is 28.6 Å². The van der Waals surface area contributed by atoms with Crippen molar-refractivity contribution in [2.24, 2.45) is 0 Å². The lowest BCUT2D eigenvalue weighted by Crippen LogP contribution is -2.55. The minimum Gasteiger partial charge on any atom is -0.329 e. The normalized spacial score (nSPS) is 10.6. The summed E-state index contributed by atoms with van der Waals surface area (Å²) in [5, 5.41) is -0.998. The van der Waals surface area contributed by atoms with Gasteiger partial charge in [0.2, 0.25) is 19.8 Å². The molecule has 0 aliphatic carbocycles. The highest BCUT2D eigenvalue weighted by molar-refractivity contribution is 8.82. The van der Waals surface area contributed by atoms with Crippen LogP contribution in [0.2, 0.25) is 0 Å². The smallest absolute Gasteiger partial charge is 0.329 e. The summed E-state index contributed by atoms with van der Waals surface area (Å²) in [5.41, 5.74) is -2.68. The van der Waals surface area contributed by atoms with Crippen LogP contribution in [0, 0.1) is 0 Å². The second-order valence-electron chi connectivity index (χ2n) is 5.40. The maximum absolute atomic E-state index is 12.8. The van der Waals surface area contributed by atoms with E-state index in [4.69, 9.17) is 14.2 Å². The third-order valence-electron chi connectivity index (χ3n) is 3.47. The summed E-state index contributed by atoms with van der Waals surface area (Å²) < 4.78 is 17.6. The van der Waals surface area contributed by atoms with Gasteiger partial charge in [0.1, 0.15) is 0 Å². The van der Waals surface area contributed by atoms with Crippen LogP contribution >= 0.6 is 64.8 Å². The first-order valence-corrected chi connectivity index (χ1v) is 16.6. The number of hydrogen-bond donors (Lipinski definition) is 0. The Morgan fingerprint density at radius 1 is 0.606 bits per heavy atom. The van der Waals surface area contributed by atoms with E-state index in [9.17, 15) is 28.8 Å². The van der Waals surface area contributed by atoms with Gasteiger partial charge in [0.05, 0.1) is 52.0 Å². The summed E-state index contributed by atoms with van der Waals surface area (Å²) in [6, 6.07) is 0. The highest BCUT2D eigenvalue weighted by Crippen LogP contribution is 2.18. The highest BCUT2D eigenvalue weighted by atomic mass is 33.1. The van der Waals surface area contributed by atoms with Gasteiger partial charge in [0.25, 0.3) is 0 Å². The fourth-order valence-electron chi connectivity index (χ4n) is 2.22. The fourth-order valence-corrected chi connectivity index (χ4v) is 4.75. The standard InChI is InChI=1S/C15H21N3O9S6/c1-28-31-13(22)25-7-4-16-10(19)17(5-8-26-14(23)32-29-2)12(21)18(11(16)20)6-9-27-15(24)33-30-3/h4-9H2,1-3H3/p+3. The maximum Gasteiger partial charge on any atom is 0.561 e. The molecule has 1 rings (SSSR count). The van der Waals surface area contributed by atoms with Crippen LogP contribution in [0.4, 0.5) is 0 Å². The van der Waals surface area contributed by atoms with Gasteiger partial charge in [-0.1, -0.05) is 32.4 Å². The Morgan fingerprint density at radius 2 is 0.848 bits per heavy atom. The van der Waals surface area contributed by atoms with E-state index in [2.05, 4.69) is 0 Å². The molecule has 12 nitrogen and oxygen atoms in total. The molecule has 1 heterocycles. The lowest BCUT2D eigenvalue weighted by atomic mass is 10.6. The molecule has 186 valence electrons. The minimum absolute atomic E-state index is 0.197. The molecule has 1 aromatic heterocycles. The van der Waals surface area contributed by atoms with E-state index in [-0.39, 0.29) is 55.4 Å². The van der Waals surface area contributed by atoms with E-state index >= 15 is 0 Å². The third kappa shape index (κ3) is 10.4. The highest BCUT2D eigenvalue weighted by Gasteiger charge is 2.21. The molecule has 0 spiro atoms. The van der Waals surface area contributed by atoms with Gasteiger partial charge >= 0.3 is 33.0 Å². The lowest BCUT2D eigenvalue weighted by Gasteiger charge is -2.11. The van der Waals surface area contributed by atoms with Crippen molar-refractivity contribution in [3.63, 3.8) is 0 Å². The molecule has 0 radical (unpaired) electrons. The molecule has 0 amide bonds. The molecule has 0 atom stereocenters. The van der Waals surface area contributed by atoms with Gasteiger partial charge in [-0.3, -0.25) is 0 Å². The van der Waals surface area contributed by atoms with Crippen LogP contribution in [0.15, 0.2) is 14.4 Å². The number of carbonyl (C=O) groups excluding carboxylic acids is 3. The zero-order chi connectivity index (χ0) is 24.8. The Kier molecular flexibility index (Phi) is 15.0. The van der Waals surface area contributed by atoms with Crippen LogP contribution in [0.5, 0.6) is 0 Å². The molecule has 0 saturated heterocycles. The predicted molar refractivity (Wildman–Crippen MR) is 141 cm³/mol. The van der Waals surface area contributed by atoms with E-state index in [1.165, 1.54) is 32.4 Å². The number of aromatic nitrogens is 3. The van der Waals surface area contributed by atoms with E-state index in [1.54, 1.807) is 18.8 Å². The van der Waals surface area contributed by atoms with Crippen molar-refractivity contribution in [2.45, 2.75) is 19.6 Å². The zero-order valence-corrected chi connectivity index (χ0v) is 22.7. The first kappa shape index (κ1) is 30.0. The largest absolute Gasteiger partial charge is 0.561 e. The fraction of sp³-hybridized carbons (Fsp3) is 0.600.